The van der Waals surface area contributed by atoms with Gasteiger partial charge in [0.05, 0.1) is 0 Å². The number of amides is 2. The molecule has 0 saturated heterocycles. The highest BCUT2D eigenvalue weighted by Crippen LogP contribution is 2.18. The van der Waals surface area contributed by atoms with Gasteiger partial charge in [0.15, 0.2) is 0 Å². The molecule has 0 aliphatic heterocycles. The van der Waals surface area contributed by atoms with Crippen LogP contribution in [0.25, 0.3) is 0 Å². The van der Waals surface area contributed by atoms with E-state index in [1.807, 2.05) is 12.2 Å². The zero-order valence-corrected chi connectivity index (χ0v) is 11.6. The summed E-state index contributed by atoms with van der Waals surface area (Å²) in [6, 6.07) is 6.65. The van der Waals surface area contributed by atoms with Gasteiger partial charge in [-0.3, -0.25) is 0 Å². The average Bonchev–Trinajstić information content (AvgIpc) is 2.94. The van der Waals surface area contributed by atoms with Crippen LogP contribution in [0.2, 0.25) is 0 Å². The van der Waals surface area contributed by atoms with Crippen LogP contribution in [0.15, 0.2) is 36.4 Å². The van der Waals surface area contributed by atoms with Gasteiger partial charge in [0.1, 0.15) is 12.4 Å². The summed E-state index contributed by atoms with van der Waals surface area (Å²) in [6.45, 7) is 0.322. The number of rotatable bonds is 5. The number of anilines is 1. The van der Waals surface area contributed by atoms with E-state index in [-0.39, 0.29) is 31.2 Å². The van der Waals surface area contributed by atoms with E-state index in [4.69, 9.17) is 16.3 Å². The third kappa shape index (κ3) is 4.55. The first-order valence-electron chi connectivity index (χ1n) is 6.74. The number of hydrogen-bond acceptors (Lipinski definition) is 3. The molecule has 1 aromatic rings. The molecule has 1 aliphatic rings. The quantitative estimate of drug-likeness (QED) is 0.570. The fraction of sp³-hybridized carbons (Fsp3) is 0.312. The summed E-state index contributed by atoms with van der Waals surface area (Å²) >= 11 is 0. The van der Waals surface area contributed by atoms with E-state index in [1.54, 1.807) is 24.3 Å². The number of carbonyl (C=O) groups is 1. The molecule has 2 atom stereocenters. The van der Waals surface area contributed by atoms with Crippen molar-refractivity contribution in [3.63, 3.8) is 0 Å². The average molecular weight is 286 g/mol. The highest BCUT2D eigenvalue weighted by molar-refractivity contribution is 5.89. The summed E-state index contributed by atoms with van der Waals surface area (Å²) in [7, 11) is 0. The Balaban J connectivity index is 1.80. The normalized spacial score (nSPS) is 19.8. The zero-order valence-electron chi connectivity index (χ0n) is 11.6. The van der Waals surface area contributed by atoms with Crippen molar-refractivity contribution >= 4 is 11.7 Å². The first kappa shape index (κ1) is 14.9. The lowest BCUT2D eigenvalue weighted by atomic mass is 10.1. The van der Waals surface area contributed by atoms with E-state index in [1.165, 1.54) is 0 Å². The fourth-order valence-corrected chi connectivity index (χ4v) is 2.11. The maximum absolute atomic E-state index is 11.8. The zero-order chi connectivity index (χ0) is 15.1. The molecular weight excluding hydrogens is 268 g/mol. The van der Waals surface area contributed by atoms with E-state index in [0.29, 0.717) is 11.4 Å². The molecule has 21 heavy (non-hydrogen) atoms. The van der Waals surface area contributed by atoms with Crippen molar-refractivity contribution in [1.29, 1.82) is 0 Å². The first-order valence-corrected chi connectivity index (χ1v) is 6.74. The minimum absolute atomic E-state index is 0.0413. The van der Waals surface area contributed by atoms with E-state index >= 15 is 0 Å². The summed E-state index contributed by atoms with van der Waals surface area (Å²) in [5.41, 5.74) is 0.668. The van der Waals surface area contributed by atoms with E-state index in [2.05, 4.69) is 16.6 Å². The largest absolute Gasteiger partial charge is 0.481 e. The summed E-state index contributed by atoms with van der Waals surface area (Å²) < 4.78 is 5.25. The van der Waals surface area contributed by atoms with E-state index < -0.39 is 0 Å². The number of aliphatic hydroxyl groups is 1. The standard InChI is InChI=1S/C16H18N2O3/c1-2-9-21-15-7-5-13(6-8-15)17-16(20)18-14-4-3-12(10-14)11-19/h1,3-8,12,14,19H,9-11H2,(H2,17,18,20)/t12-,14+/m0/s1. The molecule has 0 aromatic heterocycles. The highest BCUT2D eigenvalue weighted by Gasteiger charge is 2.19. The summed E-state index contributed by atoms with van der Waals surface area (Å²) in [4.78, 5) is 11.8. The van der Waals surface area contributed by atoms with Crippen LogP contribution >= 0.6 is 0 Å². The van der Waals surface area contributed by atoms with E-state index in [9.17, 15) is 4.79 Å². The molecule has 0 heterocycles. The molecule has 0 fully saturated rings. The van der Waals surface area contributed by atoms with Crippen molar-refractivity contribution in [3.05, 3.63) is 36.4 Å². The van der Waals surface area contributed by atoms with Crippen molar-refractivity contribution in [2.24, 2.45) is 5.92 Å². The molecule has 0 bridgehead atoms. The molecule has 5 nitrogen and oxygen atoms in total. The highest BCUT2D eigenvalue weighted by atomic mass is 16.5. The lowest BCUT2D eigenvalue weighted by Crippen LogP contribution is -2.36. The Morgan fingerprint density at radius 1 is 1.38 bits per heavy atom. The summed E-state index contributed by atoms with van der Waals surface area (Å²) in [5.74, 6) is 3.17. The van der Waals surface area contributed by atoms with Gasteiger partial charge in [-0.1, -0.05) is 18.1 Å². The molecule has 0 radical (unpaired) electrons. The predicted octanol–water partition coefficient (Wildman–Crippen LogP) is 1.76. The van der Waals surface area contributed by atoms with Gasteiger partial charge in [-0.25, -0.2) is 4.79 Å². The molecule has 3 N–H and O–H groups in total. The molecule has 110 valence electrons. The Kier molecular flexibility index (Phi) is 5.24. The Morgan fingerprint density at radius 2 is 2.14 bits per heavy atom. The van der Waals surface area contributed by atoms with Gasteiger partial charge in [-0.05, 0) is 30.7 Å². The maximum Gasteiger partial charge on any atom is 0.319 e. The van der Waals surface area contributed by atoms with Gasteiger partial charge in [0.2, 0.25) is 0 Å². The van der Waals surface area contributed by atoms with Crippen LogP contribution in [-0.2, 0) is 0 Å². The van der Waals surface area contributed by atoms with Gasteiger partial charge in [0.25, 0.3) is 0 Å². The van der Waals surface area contributed by atoms with Crippen LogP contribution in [0.5, 0.6) is 5.75 Å². The smallest absolute Gasteiger partial charge is 0.319 e. The van der Waals surface area contributed by atoms with Crippen LogP contribution in [0.4, 0.5) is 10.5 Å². The number of benzene rings is 1. The van der Waals surface area contributed by atoms with Gasteiger partial charge in [0, 0.05) is 24.3 Å². The van der Waals surface area contributed by atoms with Crippen LogP contribution in [0, 0.1) is 18.3 Å². The Morgan fingerprint density at radius 3 is 2.76 bits per heavy atom. The molecule has 5 heteroatoms. The monoisotopic (exact) mass is 286 g/mol. The number of terminal acetylenes is 1. The molecule has 0 spiro atoms. The molecule has 1 aliphatic carbocycles. The van der Waals surface area contributed by atoms with Crippen molar-refractivity contribution in [3.8, 4) is 18.1 Å². The molecule has 0 unspecified atom stereocenters. The molecular formula is C16H18N2O3. The minimum atomic E-state index is -0.277. The molecule has 2 amide bonds. The predicted molar refractivity (Wildman–Crippen MR) is 81.0 cm³/mol. The van der Waals surface area contributed by atoms with Crippen LogP contribution < -0.4 is 15.4 Å². The minimum Gasteiger partial charge on any atom is -0.481 e. The van der Waals surface area contributed by atoms with Crippen molar-refractivity contribution in [1.82, 2.24) is 5.32 Å². The van der Waals surface area contributed by atoms with E-state index in [0.717, 1.165) is 6.42 Å². The lowest BCUT2D eigenvalue weighted by molar-refractivity contribution is 0.238. The van der Waals surface area contributed by atoms with Crippen LogP contribution in [0.3, 0.4) is 0 Å². The van der Waals surface area contributed by atoms with Crippen LogP contribution in [-0.4, -0.2) is 30.4 Å². The second-order valence-electron chi connectivity index (χ2n) is 4.79. The Labute approximate surface area is 124 Å². The molecule has 1 aromatic carbocycles. The number of carbonyl (C=O) groups excluding carboxylic acids is 1. The third-order valence-electron chi connectivity index (χ3n) is 3.16. The van der Waals surface area contributed by atoms with Crippen LogP contribution in [0.1, 0.15) is 6.42 Å². The molecule has 0 saturated carbocycles. The number of ether oxygens (including phenoxy) is 1. The topological polar surface area (TPSA) is 70.6 Å². The summed E-state index contributed by atoms with van der Waals surface area (Å²) in [6.07, 6.45) is 9.65. The van der Waals surface area contributed by atoms with Gasteiger partial charge in [-0.2, -0.15) is 0 Å². The van der Waals surface area contributed by atoms with Gasteiger partial charge in [-0.15, -0.1) is 6.42 Å². The first-order chi connectivity index (χ1) is 10.2. The summed E-state index contributed by atoms with van der Waals surface area (Å²) in [5, 5.41) is 14.6. The Hall–Kier alpha value is -2.45. The fourth-order valence-electron chi connectivity index (χ4n) is 2.11. The number of hydrogen-bond donors (Lipinski definition) is 3. The molecule has 2 rings (SSSR count). The Bertz CT molecular complexity index is 546. The van der Waals surface area contributed by atoms with Gasteiger partial charge < -0.3 is 20.5 Å². The number of aliphatic hydroxyl groups excluding tert-OH is 1. The number of nitrogens with one attached hydrogen (secondary N) is 2. The van der Waals surface area contributed by atoms with Gasteiger partial charge >= 0.3 is 6.03 Å². The third-order valence-corrected chi connectivity index (χ3v) is 3.16. The SMILES string of the molecule is C#CCOc1ccc(NC(=O)N[C@@H]2C=C[C@H](CO)C2)cc1. The van der Waals surface area contributed by atoms with Crippen molar-refractivity contribution < 1.29 is 14.6 Å². The second kappa shape index (κ2) is 7.36. The second-order valence-corrected chi connectivity index (χ2v) is 4.79. The van der Waals surface area contributed by atoms with Crippen molar-refractivity contribution in [2.45, 2.75) is 12.5 Å². The lowest BCUT2D eigenvalue weighted by Gasteiger charge is -2.13. The maximum atomic E-state index is 11.8. The van der Waals surface area contributed by atoms with Crippen molar-refractivity contribution in [2.75, 3.05) is 18.5 Å². The number of urea groups is 1.